The number of nitrogens with one attached hydrogen (secondary N) is 1. The van der Waals surface area contributed by atoms with Crippen LogP contribution < -0.4 is 5.32 Å². The molecule has 2 unspecified atom stereocenters. The summed E-state index contributed by atoms with van der Waals surface area (Å²) >= 11 is 1.84. The fourth-order valence-corrected chi connectivity index (χ4v) is 3.75. The van der Waals surface area contributed by atoms with E-state index in [0.29, 0.717) is 12.0 Å². The Morgan fingerprint density at radius 2 is 1.90 bits per heavy atom. The maximum absolute atomic E-state index is 4.85. The molecule has 0 aliphatic carbocycles. The summed E-state index contributed by atoms with van der Waals surface area (Å²) in [5.41, 5.74) is 2.61. The quantitative estimate of drug-likeness (QED) is 0.848. The molecule has 0 amide bonds. The predicted molar refractivity (Wildman–Crippen MR) is 87.5 cm³/mol. The largest absolute Gasteiger partial charge is 0.308 e. The van der Waals surface area contributed by atoms with Crippen LogP contribution in [-0.4, -0.2) is 11.5 Å². The van der Waals surface area contributed by atoms with Crippen molar-refractivity contribution in [2.45, 2.75) is 46.1 Å². The third kappa shape index (κ3) is 3.28. The Bertz CT molecular complexity index is 533. The smallest absolute Gasteiger partial charge is 0.111 e. The summed E-state index contributed by atoms with van der Waals surface area (Å²) in [6.07, 6.45) is 1.01. The van der Waals surface area contributed by atoms with Crippen LogP contribution in [0.15, 0.2) is 30.3 Å². The highest BCUT2D eigenvalue weighted by atomic mass is 32.1. The molecule has 1 aromatic heterocycles. The van der Waals surface area contributed by atoms with Gasteiger partial charge in [-0.1, -0.05) is 51.1 Å². The van der Waals surface area contributed by atoms with Crippen LogP contribution >= 0.6 is 11.3 Å². The minimum atomic E-state index is 0.298. The van der Waals surface area contributed by atoms with Gasteiger partial charge < -0.3 is 5.32 Å². The summed E-state index contributed by atoms with van der Waals surface area (Å²) in [6.45, 7) is 9.75. The summed E-state index contributed by atoms with van der Waals surface area (Å²) in [5, 5.41) is 4.83. The number of hydrogen-bond donors (Lipinski definition) is 1. The van der Waals surface area contributed by atoms with Gasteiger partial charge in [0.05, 0.1) is 11.7 Å². The summed E-state index contributed by atoms with van der Waals surface area (Å²) in [4.78, 5) is 6.20. The Hall–Kier alpha value is -1.19. The Labute approximate surface area is 126 Å². The summed E-state index contributed by atoms with van der Waals surface area (Å²) < 4.78 is 0. The van der Waals surface area contributed by atoms with Crippen molar-refractivity contribution in [2.75, 3.05) is 6.54 Å². The monoisotopic (exact) mass is 288 g/mol. The summed E-state index contributed by atoms with van der Waals surface area (Å²) in [6, 6.07) is 11.0. The number of rotatable bonds is 6. The number of thiazole rings is 1. The van der Waals surface area contributed by atoms with Crippen molar-refractivity contribution < 1.29 is 0 Å². The average Bonchev–Trinajstić information content (AvgIpc) is 2.85. The highest BCUT2D eigenvalue weighted by Crippen LogP contribution is 2.33. The lowest BCUT2D eigenvalue weighted by Crippen LogP contribution is -2.25. The van der Waals surface area contributed by atoms with Crippen molar-refractivity contribution in [1.82, 2.24) is 10.3 Å². The SMILES string of the molecule is CCNC(c1nc(CC)c(C)s1)C(C)c1ccccc1. The highest BCUT2D eigenvalue weighted by molar-refractivity contribution is 7.11. The van der Waals surface area contributed by atoms with Gasteiger partial charge in [0.1, 0.15) is 5.01 Å². The molecule has 20 heavy (non-hydrogen) atoms. The zero-order valence-corrected chi connectivity index (χ0v) is 13.6. The second-order valence-corrected chi connectivity index (χ2v) is 6.38. The Kier molecular flexibility index (Phi) is 5.32. The molecule has 2 aromatic rings. The molecule has 0 bridgehead atoms. The number of benzene rings is 1. The summed E-state index contributed by atoms with van der Waals surface area (Å²) in [5.74, 6) is 0.423. The molecule has 0 aliphatic heterocycles. The first kappa shape index (κ1) is 15.2. The van der Waals surface area contributed by atoms with Crippen LogP contribution in [0.4, 0.5) is 0 Å². The first-order valence-corrected chi connectivity index (χ1v) is 8.23. The van der Waals surface area contributed by atoms with E-state index >= 15 is 0 Å². The van der Waals surface area contributed by atoms with Gasteiger partial charge in [-0.3, -0.25) is 0 Å². The van der Waals surface area contributed by atoms with E-state index in [1.54, 1.807) is 0 Å². The van der Waals surface area contributed by atoms with Gasteiger partial charge in [-0.15, -0.1) is 11.3 Å². The van der Waals surface area contributed by atoms with Crippen LogP contribution in [0.1, 0.15) is 53.9 Å². The fourth-order valence-electron chi connectivity index (χ4n) is 2.56. The van der Waals surface area contributed by atoms with Crippen molar-refractivity contribution in [3.05, 3.63) is 51.5 Å². The zero-order valence-electron chi connectivity index (χ0n) is 12.8. The molecule has 2 rings (SSSR count). The molecule has 3 heteroatoms. The molecule has 0 aliphatic rings. The van der Waals surface area contributed by atoms with Crippen molar-refractivity contribution >= 4 is 11.3 Å². The van der Waals surface area contributed by atoms with Crippen molar-refractivity contribution in [3.8, 4) is 0 Å². The standard InChI is InChI=1S/C17H24N2S/c1-5-15-13(4)20-17(19-15)16(18-6-2)12(3)14-10-8-7-9-11-14/h7-12,16,18H,5-6H2,1-4H3. The van der Waals surface area contributed by atoms with Crippen LogP contribution in [0.5, 0.6) is 0 Å². The van der Waals surface area contributed by atoms with Crippen LogP contribution in [-0.2, 0) is 6.42 Å². The van der Waals surface area contributed by atoms with Crippen molar-refractivity contribution in [2.24, 2.45) is 0 Å². The molecule has 108 valence electrons. The predicted octanol–water partition coefficient (Wildman–Crippen LogP) is 4.47. The van der Waals surface area contributed by atoms with Gasteiger partial charge in [-0.2, -0.15) is 0 Å². The van der Waals surface area contributed by atoms with E-state index in [4.69, 9.17) is 4.98 Å². The van der Waals surface area contributed by atoms with Gasteiger partial charge in [-0.25, -0.2) is 4.98 Å². The van der Waals surface area contributed by atoms with Crippen LogP contribution in [0.3, 0.4) is 0 Å². The molecule has 1 N–H and O–H groups in total. The third-order valence-electron chi connectivity index (χ3n) is 3.76. The Morgan fingerprint density at radius 3 is 2.45 bits per heavy atom. The van der Waals surface area contributed by atoms with E-state index in [9.17, 15) is 0 Å². The van der Waals surface area contributed by atoms with E-state index in [1.165, 1.54) is 21.1 Å². The molecule has 1 aromatic carbocycles. The lowest BCUT2D eigenvalue weighted by molar-refractivity contribution is 0.476. The van der Waals surface area contributed by atoms with E-state index in [1.807, 2.05) is 11.3 Å². The van der Waals surface area contributed by atoms with E-state index in [-0.39, 0.29) is 0 Å². The lowest BCUT2D eigenvalue weighted by atomic mass is 9.93. The second-order valence-electron chi connectivity index (χ2n) is 5.14. The summed E-state index contributed by atoms with van der Waals surface area (Å²) in [7, 11) is 0. The van der Waals surface area contributed by atoms with Gasteiger partial charge in [0, 0.05) is 10.8 Å². The van der Waals surface area contributed by atoms with Crippen LogP contribution in [0.25, 0.3) is 0 Å². The van der Waals surface area contributed by atoms with Gasteiger partial charge in [0.25, 0.3) is 0 Å². The zero-order chi connectivity index (χ0) is 14.5. The average molecular weight is 288 g/mol. The van der Waals surface area contributed by atoms with Crippen molar-refractivity contribution in [3.63, 3.8) is 0 Å². The normalized spacial score (nSPS) is 14.2. The van der Waals surface area contributed by atoms with Crippen molar-refractivity contribution in [1.29, 1.82) is 0 Å². The Morgan fingerprint density at radius 1 is 1.20 bits per heavy atom. The van der Waals surface area contributed by atoms with Gasteiger partial charge in [0.15, 0.2) is 0 Å². The third-order valence-corrected chi connectivity index (χ3v) is 4.86. The van der Waals surface area contributed by atoms with Crippen LogP contribution in [0, 0.1) is 6.92 Å². The Balaban J connectivity index is 2.30. The molecule has 0 saturated heterocycles. The molecule has 0 radical (unpaired) electrons. The topological polar surface area (TPSA) is 24.9 Å². The molecule has 1 heterocycles. The fraction of sp³-hybridized carbons (Fsp3) is 0.471. The number of hydrogen-bond acceptors (Lipinski definition) is 3. The lowest BCUT2D eigenvalue weighted by Gasteiger charge is -2.23. The molecule has 0 spiro atoms. The molecular weight excluding hydrogens is 264 g/mol. The minimum absolute atomic E-state index is 0.298. The first-order chi connectivity index (χ1) is 9.67. The van der Waals surface area contributed by atoms with Gasteiger partial charge in [0.2, 0.25) is 0 Å². The first-order valence-electron chi connectivity index (χ1n) is 7.41. The van der Waals surface area contributed by atoms with E-state index in [2.05, 4.69) is 63.3 Å². The number of aromatic nitrogens is 1. The molecular formula is C17H24N2S. The molecule has 2 nitrogen and oxygen atoms in total. The second kappa shape index (κ2) is 7.00. The maximum Gasteiger partial charge on any atom is 0.111 e. The van der Waals surface area contributed by atoms with Gasteiger partial charge in [-0.05, 0) is 25.5 Å². The van der Waals surface area contributed by atoms with E-state index < -0.39 is 0 Å². The van der Waals surface area contributed by atoms with Crippen LogP contribution in [0.2, 0.25) is 0 Å². The minimum Gasteiger partial charge on any atom is -0.308 e. The van der Waals surface area contributed by atoms with E-state index in [0.717, 1.165) is 13.0 Å². The molecule has 0 saturated carbocycles. The molecule has 0 fully saturated rings. The highest BCUT2D eigenvalue weighted by Gasteiger charge is 2.23. The number of nitrogens with zero attached hydrogens (tertiary/aromatic N) is 1. The van der Waals surface area contributed by atoms with Gasteiger partial charge >= 0.3 is 0 Å². The number of likely N-dealkylation sites (N-methyl/N-ethyl adjacent to an activating group) is 1. The molecule has 2 atom stereocenters. The maximum atomic E-state index is 4.85. The number of aryl methyl sites for hydroxylation is 2.